The van der Waals surface area contributed by atoms with Gasteiger partial charge in [-0.25, -0.2) is 9.78 Å². The summed E-state index contributed by atoms with van der Waals surface area (Å²) in [4.78, 5) is 30.7. The number of halogens is 3. The van der Waals surface area contributed by atoms with Crippen LogP contribution in [0.15, 0.2) is 14.7 Å². The maximum absolute atomic E-state index is 13.3. The zero-order valence-electron chi connectivity index (χ0n) is 18.2. The quantitative estimate of drug-likeness (QED) is 0.640. The Morgan fingerprint density at radius 3 is 2.35 bits per heavy atom. The van der Waals surface area contributed by atoms with Gasteiger partial charge >= 0.3 is 11.9 Å². The minimum atomic E-state index is -4.39. The summed E-state index contributed by atoms with van der Waals surface area (Å²) in [5.41, 5.74) is 4.88. The monoisotopic (exact) mass is 461 g/mol. The fourth-order valence-corrected chi connectivity index (χ4v) is 4.96. The molecule has 174 valence electrons. The van der Waals surface area contributed by atoms with Crippen molar-refractivity contribution in [2.45, 2.75) is 81.5 Å². The Hall–Kier alpha value is -1.75. The van der Waals surface area contributed by atoms with Gasteiger partial charge in [0.05, 0.1) is 6.42 Å². The van der Waals surface area contributed by atoms with Gasteiger partial charge in [0.15, 0.2) is 16.3 Å². The summed E-state index contributed by atoms with van der Waals surface area (Å²) < 4.78 is 42.3. The van der Waals surface area contributed by atoms with Crippen LogP contribution >= 0.6 is 11.8 Å². The molecule has 0 spiro atoms. The zero-order valence-corrected chi connectivity index (χ0v) is 19.0. The van der Waals surface area contributed by atoms with E-state index in [4.69, 9.17) is 5.73 Å². The number of hydrogen-bond acceptors (Lipinski definition) is 5. The largest absolute Gasteiger partial charge is 0.390 e. The normalized spacial score (nSPS) is 16.4. The molecule has 7 nitrogen and oxygen atoms in total. The van der Waals surface area contributed by atoms with E-state index in [1.807, 2.05) is 13.8 Å². The minimum Gasteiger partial charge on any atom is -0.329 e. The predicted octanol–water partition coefficient (Wildman–Crippen LogP) is 3.26. The third-order valence-corrected chi connectivity index (χ3v) is 7.05. The molecule has 0 saturated heterocycles. The molecule has 2 aromatic rings. The predicted molar refractivity (Wildman–Crippen MR) is 115 cm³/mol. The van der Waals surface area contributed by atoms with Crippen molar-refractivity contribution in [1.82, 2.24) is 18.7 Å². The topological polar surface area (TPSA) is 87.8 Å². The number of aryl methyl sites for hydroxylation is 2. The second-order valence-electron chi connectivity index (χ2n) is 8.91. The van der Waals surface area contributed by atoms with Gasteiger partial charge in [0.2, 0.25) is 0 Å². The Kier molecular flexibility index (Phi) is 6.95. The maximum Gasteiger partial charge on any atom is 0.390 e. The van der Waals surface area contributed by atoms with Gasteiger partial charge in [0.1, 0.15) is 0 Å². The van der Waals surface area contributed by atoms with Gasteiger partial charge in [0, 0.05) is 31.4 Å². The number of fused-ring (bicyclic) bond motifs is 1. The molecule has 1 saturated carbocycles. The molecule has 0 bridgehead atoms. The van der Waals surface area contributed by atoms with E-state index >= 15 is 0 Å². The molecule has 0 radical (unpaired) electrons. The van der Waals surface area contributed by atoms with E-state index in [-0.39, 0.29) is 35.3 Å². The number of alkyl halides is 3. The van der Waals surface area contributed by atoms with Crippen LogP contribution in [0, 0.1) is 5.92 Å². The van der Waals surface area contributed by atoms with Crippen LogP contribution < -0.4 is 17.0 Å². The van der Waals surface area contributed by atoms with Crippen molar-refractivity contribution in [3.05, 3.63) is 20.8 Å². The molecular weight excluding hydrogens is 431 g/mol. The summed E-state index contributed by atoms with van der Waals surface area (Å²) in [6, 6.07) is 0. The average molecular weight is 462 g/mol. The number of imidazole rings is 1. The standard InChI is InChI=1S/C20H30F3N5O2S/c1-19(2,12-24)31-17-25-15-14(27(17)10-9-20(21,22)23)16(29)28(18(30)26(15)3)11-13-7-5-4-6-8-13/h13H,4-12,24H2,1-3H3. The lowest BCUT2D eigenvalue weighted by molar-refractivity contribution is -0.136. The molecule has 11 heteroatoms. The van der Waals surface area contributed by atoms with Gasteiger partial charge in [-0.2, -0.15) is 13.2 Å². The molecule has 0 aromatic carbocycles. The first kappa shape index (κ1) is 23.9. The molecule has 0 unspecified atom stereocenters. The van der Waals surface area contributed by atoms with Crippen LogP contribution in [0.25, 0.3) is 11.2 Å². The summed E-state index contributed by atoms with van der Waals surface area (Å²) in [7, 11) is 1.51. The number of aromatic nitrogens is 4. The van der Waals surface area contributed by atoms with E-state index in [1.54, 1.807) is 0 Å². The third kappa shape index (κ3) is 5.36. The van der Waals surface area contributed by atoms with Crippen LogP contribution in [0.3, 0.4) is 0 Å². The molecule has 1 aliphatic rings. The van der Waals surface area contributed by atoms with Crippen molar-refractivity contribution in [2.24, 2.45) is 18.7 Å². The first-order chi connectivity index (χ1) is 14.4. The fraction of sp³-hybridized carbons (Fsp3) is 0.750. The van der Waals surface area contributed by atoms with E-state index in [1.165, 1.54) is 32.5 Å². The minimum absolute atomic E-state index is 0.0393. The summed E-state index contributed by atoms with van der Waals surface area (Å²) in [6.45, 7) is 3.81. The van der Waals surface area contributed by atoms with E-state index in [2.05, 4.69) is 4.98 Å². The third-order valence-electron chi connectivity index (χ3n) is 5.84. The van der Waals surface area contributed by atoms with Crippen molar-refractivity contribution in [3.8, 4) is 0 Å². The molecule has 1 fully saturated rings. The molecule has 2 aromatic heterocycles. The van der Waals surface area contributed by atoms with E-state index in [0.29, 0.717) is 0 Å². The van der Waals surface area contributed by atoms with Crippen LogP contribution in [0.5, 0.6) is 0 Å². The Balaban J connectivity index is 2.16. The summed E-state index contributed by atoms with van der Waals surface area (Å²) in [5.74, 6) is 0.216. The lowest BCUT2D eigenvalue weighted by Gasteiger charge is -2.22. The van der Waals surface area contributed by atoms with Gasteiger partial charge in [-0.1, -0.05) is 31.0 Å². The van der Waals surface area contributed by atoms with Crippen molar-refractivity contribution < 1.29 is 13.2 Å². The Bertz CT molecular complexity index is 1050. The summed E-state index contributed by atoms with van der Waals surface area (Å²) >= 11 is 1.21. The molecule has 0 amide bonds. The van der Waals surface area contributed by atoms with Crippen molar-refractivity contribution in [3.63, 3.8) is 0 Å². The molecule has 2 N–H and O–H groups in total. The molecule has 0 atom stereocenters. The zero-order chi connectivity index (χ0) is 23.0. The Labute approximate surface area is 182 Å². The molecule has 2 heterocycles. The van der Waals surface area contributed by atoms with Crippen LogP contribution in [-0.4, -0.2) is 36.2 Å². The number of hydrogen-bond donors (Lipinski definition) is 1. The van der Waals surface area contributed by atoms with E-state index in [9.17, 15) is 22.8 Å². The van der Waals surface area contributed by atoms with Crippen molar-refractivity contribution >= 4 is 22.9 Å². The second kappa shape index (κ2) is 9.01. The highest BCUT2D eigenvalue weighted by Gasteiger charge is 2.31. The van der Waals surface area contributed by atoms with Crippen LogP contribution in [0.1, 0.15) is 52.4 Å². The molecule has 3 rings (SSSR count). The fourth-order valence-electron chi connectivity index (χ4n) is 3.95. The van der Waals surface area contributed by atoms with Crippen LogP contribution in [0.2, 0.25) is 0 Å². The lowest BCUT2D eigenvalue weighted by atomic mass is 9.89. The Morgan fingerprint density at radius 1 is 1.13 bits per heavy atom. The highest BCUT2D eigenvalue weighted by molar-refractivity contribution is 8.00. The SMILES string of the molecule is Cn1c(=O)n(CC2CCCCC2)c(=O)c2c1nc(SC(C)(C)CN)n2CCC(F)(F)F. The lowest BCUT2D eigenvalue weighted by Crippen LogP contribution is -2.41. The number of nitrogens with zero attached hydrogens (tertiary/aromatic N) is 4. The smallest absolute Gasteiger partial charge is 0.329 e. The van der Waals surface area contributed by atoms with Gasteiger partial charge in [-0.05, 0) is 32.6 Å². The summed E-state index contributed by atoms with van der Waals surface area (Å²) in [5, 5.41) is 0.261. The summed E-state index contributed by atoms with van der Waals surface area (Å²) in [6.07, 6.45) is -0.353. The first-order valence-corrected chi connectivity index (χ1v) is 11.4. The second-order valence-corrected chi connectivity index (χ2v) is 10.6. The number of rotatable bonds is 7. The van der Waals surface area contributed by atoms with Crippen LogP contribution in [-0.2, 0) is 20.1 Å². The first-order valence-electron chi connectivity index (χ1n) is 10.6. The number of thioether (sulfide) groups is 1. The van der Waals surface area contributed by atoms with E-state index in [0.717, 1.165) is 32.1 Å². The highest BCUT2D eigenvalue weighted by atomic mass is 32.2. The molecule has 0 aliphatic heterocycles. The highest BCUT2D eigenvalue weighted by Crippen LogP contribution is 2.33. The van der Waals surface area contributed by atoms with E-state index < -0.39 is 35.1 Å². The van der Waals surface area contributed by atoms with Crippen molar-refractivity contribution in [1.29, 1.82) is 0 Å². The maximum atomic E-state index is 13.3. The number of nitrogens with two attached hydrogens (primary N) is 1. The van der Waals surface area contributed by atoms with Gasteiger partial charge in [0.25, 0.3) is 5.56 Å². The van der Waals surface area contributed by atoms with Crippen molar-refractivity contribution in [2.75, 3.05) is 6.54 Å². The van der Waals surface area contributed by atoms with Gasteiger partial charge < -0.3 is 10.3 Å². The Morgan fingerprint density at radius 2 is 1.77 bits per heavy atom. The van der Waals surface area contributed by atoms with Gasteiger partial charge in [-0.15, -0.1) is 0 Å². The van der Waals surface area contributed by atoms with Gasteiger partial charge in [-0.3, -0.25) is 13.9 Å². The average Bonchev–Trinajstić information content (AvgIpc) is 3.06. The molecular formula is C20H30F3N5O2S. The molecule has 1 aliphatic carbocycles. The van der Waals surface area contributed by atoms with Crippen LogP contribution in [0.4, 0.5) is 13.2 Å². The molecule has 31 heavy (non-hydrogen) atoms.